The highest BCUT2D eigenvalue weighted by atomic mass is 16.5. The van der Waals surface area contributed by atoms with Crippen molar-refractivity contribution >= 4 is 11.9 Å². The SMILES string of the molecule is CCOc1cccc(-c2ccccc2)c1C(=O)N[C@@H](COC)C(=O)O. The van der Waals surface area contributed by atoms with Crippen LogP contribution < -0.4 is 10.1 Å². The van der Waals surface area contributed by atoms with Gasteiger partial charge in [0.25, 0.3) is 5.91 Å². The molecule has 2 aromatic carbocycles. The van der Waals surface area contributed by atoms with Gasteiger partial charge in [0.05, 0.1) is 18.8 Å². The molecule has 0 aliphatic carbocycles. The van der Waals surface area contributed by atoms with E-state index in [-0.39, 0.29) is 6.61 Å². The van der Waals surface area contributed by atoms with Gasteiger partial charge in [0.15, 0.2) is 6.04 Å². The Balaban J connectivity index is 2.46. The molecule has 0 aromatic heterocycles. The predicted octanol–water partition coefficient (Wildman–Crippen LogP) is 2.58. The molecule has 2 N–H and O–H groups in total. The first kappa shape index (κ1) is 18.5. The summed E-state index contributed by atoms with van der Waals surface area (Å²) in [7, 11) is 1.38. The van der Waals surface area contributed by atoms with Crippen molar-refractivity contribution in [2.24, 2.45) is 0 Å². The third-order valence-electron chi connectivity index (χ3n) is 3.57. The van der Waals surface area contributed by atoms with Crippen LogP contribution in [0.15, 0.2) is 48.5 Å². The van der Waals surface area contributed by atoms with Crippen molar-refractivity contribution in [2.75, 3.05) is 20.3 Å². The average molecular weight is 343 g/mol. The molecule has 0 fully saturated rings. The monoisotopic (exact) mass is 343 g/mol. The Morgan fingerprint density at radius 2 is 1.84 bits per heavy atom. The molecule has 0 saturated carbocycles. The first-order valence-corrected chi connectivity index (χ1v) is 7.92. The van der Waals surface area contributed by atoms with E-state index in [2.05, 4.69) is 5.32 Å². The Labute approximate surface area is 146 Å². The lowest BCUT2D eigenvalue weighted by molar-refractivity contribution is -0.140. The molecule has 0 radical (unpaired) electrons. The van der Waals surface area contributed by atoms with Crippen molar-refractivity contribution in [2.45, 2.75) is 13.0 Å². The molecule has 0 heterocycles. The third-order valence-corrected chi connectivity index (χ3v) is 3.57. The number of carboxylic acid groups (broad SMARTS) is 1. The number of carboxylic acids is 1. The Morgan fingerprint density at radius 1 is 1.12 bits per heavy atom. The molecule has 1 atom stereocenters. The van der Waals surface area contributed by atoms with E-state index in [1.54, 1.807) is 18.2 Å². The van der Waals surface area contributed by atoms with E-state index in [0.717, 1.165) is 5.56 Å². The van der Waals surface area contributed by atoms with Crippen molar-refractivity contribution in [1.29, 1.82) is 0 Å². The van der Waals surface area contributed by atoms with E-state index >= 15 is 0 Å². The summed E-state index contributed by atoms with van der Waals surface area (Å²) in [5.41, 5.74) is 1.82. The fourth-order valence-electron chi connectivity index (χ4n) is 2.47. The van der Waals surface area contributed by atoms with Crippen molar-refractivity contribution in [3.8, 4) is 16.9 Å². The van der Waals surface area contributed by atoms with Crippen LogP contribution in [0.5, 0.6) is 5.75 Å². The number of rotatable bonds is 8. The van der Waals surface area contributed by atoms with Crippen LogP contribution in [0, 0.1) is 0 Å². The van der Waals surface area contributed by atoms with Gasteiger partial charge in [-0.15, -0.1) is 0 Å². The molecule has 1 amide bonds. The summed E-state index contributed by atoms with van der Waals surface area (Å²) in [5.74, 6) is -1.28. The van der Waals surface area contributed by atoms with E-state index in [1.807, 2.05) is 37.3 Å². The van der Waals surface area contributed by atoms with E-state index in [1.165, 1.54) is 7.11 Å². The summed E-state index contributed by atoms with van der Waals surface area (Å²) < 4.78 is 10.5. The van der Waals surface area contributed by atoms with Crippen LogP contribution >= 0.6 is 0 Å². The van der Waals surface area contributed by atoms with Crippen LogP contribution in [-0.4, -0.2) is 43.3 Å². The Morgan fingerprint density at radius 3 is 2.44 bits per heavy atom. The summed E-state index contributed by atoms with van der Waals surface area (Å²) in [4.78, 5) is 24.1. The molecule has 0 spiro atoms. The normalized spacial score (nSPS) is 11.6. The summed E-state index contributed by atoms with van der Waals surface area (Å²) in [6.07, 6.45) is 0. The molecule has 0 aliphatic rings. The van der Waals surface area contributed by atoms with Crippen LogP contribution in [0.4, 0.5) is 0 Å². The van der Waals surface area contributed by atoms with Gasteiger partial charge < -0.3 is 19.9 Å². The van der Waals surface area contributed by atoms with E-state index in [4.69, 9.17) is 9.47 Å². The van der Waals surface area contributed by atoms with Crippen molar-refractivity contribution in [1.82, 2.24) is 5.32 Å². The zero-order valence-electron chi connectivity index (χ0n) is 14.2. The zero-order valence-corrected chi connectivity index (χ0v) is 14.2. The minimum Gasteiger partial charge on any atom is -0.493 e. The maximum Gasteiger partial charge on any atom is 0.328 e. The standard InChI is InChI=1S/C19H21NO5/c1-3-25-16-11-7-10-14(13-8-5-4-6-9-13)17(16)18(21)20-15(12-24-2)19(22)23/h4-11,15H,3,12H2,1-2H3,(H,20,21)(H,22,23)/t15-/m0/s1. The first-order valence-electron chi connectivity index (χ1n) is 7.92. The molecule has 0 saturated heterocycles. The molecule has 0 unspecified atom stereocenters. The van der Waals surface area contributed by atoms with Crippen LogP contribution in [0.2, 0.25) is 0 Å². The molecule has 6 nitrogen and oxygen atoms in total. The van der Waals surface area contributed by atoms with Crippen molar-refractivity contribution in [3.63, 3.8) is 0 Å². The number of ether oxygens (including phenoxy) is 2. The molecule has 25 heavy (non-hydrogen) atoms. The number of amides is 1. The second-order valence-electron chi connectivity index (χ2n) is 5.30. The predicted molar refractivity (Wildman–Crippen MR) is 93.8 cm³/mol. The average Bonchev–Trinajstić information content (AvgIpc) is 2.62. The van der Waals surface area contributed by atoms with Gasteiger partial charge in [-0.1, -0.05) is 42.5 Å². The highest BCUT2D eigenvalue weighted by Gasteiger charge is 2.25. The topological polar surface area (TPSA) is 84.9 Å². The second-order valence-corrected chi connectivity index (χ2v) is 5.30. The number of carbonyl (C=O) groups excluding carboxylic acids is 1. The van der Waals surface area contributed by atoms with E-state index in [0.29, 0.717) is 23.5 Å². The van der Waals surface area contributed by atoms with Crippen LogP contribution in [-0.2, 0) is 9.53 Å². The highest BCUT2D eigenvalue weighted by molar-refractivity contribution is 6.04. The lowest BCUT2D eigenvalue weighted by Crippen LogP contribution is -2.44. The number of methoxy groups -OCH3 is 1. The molecule has 2 rings (SSSR count). The Hall–Kier alpha value is -2.86. The van der Waals surface area contributed by atoms with Crippen molar-refractivity contribution < 1.29 is 24.2 Å². The summed E-state index contributed by atoms with van der Waals surface area (Å²) in [5, 5.41) is 11.7. The zero-order chi connectivity index (χ0) is 18.2. The van der Waals surface area contributed by atoms with Gasteiger partial charge in [-0.25, -0.2) is 4.79 Å². The third kappa shape index (κ3) is 4.58. The van der Waals surface area contributed by atoms with E-state index < -0.39 is 17.9 Å². The minimum absolute atomic E-state index is 0.126. The Bertz CT molecular complexity index is 730. The summed E-state index contributed by atoms with van der Waals surface area (Å²) in [6, 6.07) is 13.5. The van der Waals surface area contributed by atoms with Crippen LogP contribution in [0.1, 0.15) is 17.3 Å². The number of carbonyl (C=O) groups is 2. The second kappa shape index (κ2) is 8.84. The van der Waals surface area contributed by atoms with Gasteiger partial charge >= 0.3 is 5.97 Å². The maximum atomic E-state index is 12.8. The molecule has 6 heteroatoms. The largest absolute Gasteiger partial charge is 0.493 e. The van der Waals surface area contributed by atoms with Gasteiger partial charge in [-0.2, -0.15) is 0 Å². The fraction of sp³-hybridized carbons (Fsp3) is 0.263. The molecule has 0 aliphatic heterocycles. The van der Waals surface area contributed by atoms with Gasteiger partial charge in [-0.3, -0.25) is 4.79 Å². The molecular formula is C19H21NO5. The lowest BCUT2D eigenvalue weighted by atomic mass is 9.98. The molecule has 132 valence electrons. The Kier molecular flexibility index (Phi) is 6.54. The minimum atomic E-state index is -1.16. The van der Waals surface area contributed by atoms with Gasteiger partial charge in [0.1, 0.15) is 5.75 Å². The number of benzene rings is 2. The first-order chi connectivity index (χ1) is 12.1. The van der Waals surface area contributed by atoms with Gasteiger partial charge in [0, 0.05) is 7.11 Å². The summed E-state index contributed by atoms with van der Waals surface area (Å²) >= 11 is 0. The number of hydrogen-bond acceptors (Lipinski definition) is 4. The molecule has 2 aromatic rings. The summed E-state index contributed by atoms with van der Waals surface area (Å²) in [6.45, 7) is 2.08. The number of aliphatic carboxylic acids is 1. The van der Waals surface area contributed by atoms with Gasteiger partial charge in [0.2, 0.25) is 0 Å². The smallest absolute Gasteiger partial charge is 0.328 e. The van der Waals surface area contributed by atoms with Crippen LogP contribution in [0.25, 0.3) is 11.1 Å². The number of hydrogen-bond donors (Lipinski definition) is 2. The van der Waals surface area contributed by atoms with Gasteiger partial charge in [-0.05, 0) is 24.1 Å². The number of nitrogens with one attached hydrogen (secondary N) is 1. The highest BCUT2D eigenvalue weighted by Crippen LogP contribution is 2.31. The van der Waals surface area contributed by atoms with E-state index in [9.17, 15) is 14.7 Å². The van der Waals surface area contributed by atoms with Crippen molar-refractivity contribution in [3.05, 3.63) is 54.1 Å². The fourth-order valence-corrected chi connectivity index (χ4v) is 2.47. The lowest BCUT2D eigenvalue weighted by Gasteiger charge is -2.18. The molecule has 0 bridgehead atoms. The van der Waals surface area contributed by atoms with Crippen LogP contribution in [0.3, 0.4) is 0 Å². The molecular weight excluding hydrogens is 322 g/mol. The quantitative estimate of drug-likeness (QED) is 0.769. The maximum absolute atomic E-state index is 12.8.